The van der Waals surface area contributed by atoms with Crippen LogP contribution in [0.4, 0.5) is 5.69 Å². The van der Waals surface area contributed by atoms with Crippen LogP contribution in [0, 0.1) is 6.92 Å². The Morgan fingerprint density at radius 1 is 0.938 bits per heavy atom. The van der Waals surface area contributed by atoms with Crippen LogP contribution < -0.4 is 5.32 Å². The summed E-state index contributed by atoms with van der Waals surface area (Å²) in [6.45, 7) is 1.41. The molecule has 0 fully saturated rings. The first-order chi connectivity index (χ1) is 15.4. The van der Waals surface area contributed by atoms with E-state index in [9.17, 15) is 9.59 Å². The van der Waals surface area contributed by atoms with Gasteiger partial charge >= 0.3 is 5.97 Å². The van der Waals surface area contributed by atoms with E-state index in [-0.39, 0.29) is 0 Å². The fourth-order valence-corrected chi connectivity index (χ4v) is 3.53. The van der Waals surface area contributed by atoms with Crippen LogP contribution in [0.5, 0.6) is 0 Å². The molecule has 0 aliphatic heterocycles. The molecule has 3 aromatic carbocycles. The first kappa shape index (κ1) is 21.8. The lowest BCUT2D eigenvalue weighted by Gasteiger charge is -2.11. The highest BCUT2D eigenvalue weighted by molar-refractivity contribution is 6.31. The number of halogens is 2. The Hall–Kier alpha value is -3.41. The Bertz CT molecular complexity index is 1320. The third kappa shape index (κ3) is 4.90. The Morgan fingerprint density at radius 2 is 1.66 bits per heavy atom. The maximum atomic E-state index is 12.9. The fourth-order valence-electron chi connectivity index (χ4n) is 3.24. The van der Waals surface area contributed by atoms with Gasteiger partial charge in [0.25, 0.3) is 5.91 Å². The quantitative estimate of drug-likeness (QED) is 0.351. The summed E-state index contributed by atoms with van der Waals surface area (Å²) < 4.78 is 5.32. The molecule has 160 valence electrons. The van der Waals surface area contributed by atoms with E-state index in [1.807, 2.05) is 37.3 Å². The van der Waals surface area contributed by atoms with Gasteiger partial charge in [-0.25, -0.2) is 9.78 Å². The second kappa shape index (κ2) is 9.39. The summed E-state index contributed by atoms with van der Waals surface area (Å²) in [5.41, 5.74) is 3.80. The maximum Gasteiger partial charge on any atom is 0.339 e. The zero-order chi connectivity index (χ0) is 22.7. The van der Waals surface area contributed by atoms with Crippen LogP contribution in [-0.4, -0.2) is 23.5 Å². The highest BCUT2D eigenvalue weighted by atomic mass is 35.5. The normalized spacial score (nSPS) is 10.7. The summed E-state index contributed by atoms with van der Waals surface area (Å²) in [5.74, 6) is -1.07. The number of fused-ring (bicyclic) bond motifs is 1. The number of carbonyl (C=O) groups is 2. The van der Waals surface area contributed by atoms with Crippen molar-refractivity contribution in [1.82, 2.24) is 4.98 Å². The van der Waals surface area contributed by atoms with E-state index in [0.717, 1.165) is 11.1 Å². The molecular weight excluding hydrogens is 447 g/mol. The predicted octanol–water partition coefficient (Wildman–Crippen LogP) is 6.31. The average molecular weight is 465 g/mol. The van der Waals surface area contributed by atoms with Crippen molar-refractivity contribution < 1.29 is 14.3 Å². The van der Waals surface area contributed by atoms with Gasteiger partial charge in [-0.15, -0.1) is 0 Å². The molecule has 0 radical (unpaired) electrons. The number of pyridine rings is 1. The molecule has 0 unspecified atom stereocenters. The topological polar surface area (TPSA) is 68.3 Å². The highest BCUT2D eigenvalue weighted by Gasteiger charge is 2.17. The van der Waals surface area contributed by atoms with Gasteiger partial charge in [-0.1, -0.05) is 59.6 Å². The van der Waals surface area contributed by atoms with Crippen molar-refractivity contribution in [2.24, 2.45) is 0 Å². The summed E-state index contributed by atoms with van der Waals surface area (Å²) >= 11 is 12.0. The lowest BCUT2D eigenvalue weighted by atomic mass is 10.0. The number of carbonyl (C=O) groups excluding carboxylic acids is 2. The number of esters is 1. The number of aryl methyl sites for hydroxylation is 1. The lowest BCUT2D eigenvalue weighted by molar-refractivity contribution is -0.119. The molecule has 5 nitrogen and oxygen atoms in total. The smallest absolute Gasteiger partial charge is 0.339 e. The van der Waals surface area contributed by atoms with E-state index in [4.69, 9.17) is 27.9 Å². The molecule has 0 bridgehead atoms. The van der Waals surface area contributed by atoms with E-state index in [2.05, 4.69) is 10.3 Å². The van der Waals surface area contributed by atoms with Gasteiger partial charge in [0.15, 0.2) is 6.61 Å². The second-order valence-corrected chi connectivity index (χ2v) is 8.04. The number of amides is 1. The number of hydrogen-bond acceptors (Lipinski definition) is 4. The molecular formula is C25H18Cl2N2O3. The first-order valence-electron chi connectivity index (χ1n) is 9.79. The van der Waals surface area contributed by atoms with Crippen LogP contribution in [0.2, 0.25) is 10.0 Å². The zero-order valence-electron chi connectivity index (χ0n) is 17.1. The van der Waals surface area contributed by atoms with Crippen LogP contribution in [0.15, 0.2) is 72.8 Å². The van der Waals surface area contributed by atoms with Crippen molar-refractivity contribution in [1.29, 1.82) is 0 Å². The Morgan fingerprint density at radius 3 is 2.44 bits per heavy atom. The molecule has 0 saturated carbocycles. The van der Waals surface area contributed by atoms with Gasteiger partial charge in [-0.3, -0.25) is 4.79 Å². The number of ether oxygens (including phenoxy) is 1. The SMILES string of the molecule is Cc1ccc(Cl)cc1NC(=O)COC(=O)c1cc(-c2ccc(Cl)cc2)nc2ccccc12. The molecule has 1 amide bonds. The number of para-hydroxylation sites is 1. The standard InChI is InChI=1S/C25H18Cl2N2O3/c1-15-6-9-18(27)12-22(15)29-24(30)14-32-25(31)20-13-23(16-7-10-17(26)11-8-16)28-21-5-3-2-4-19(20)21/h2-13H,14H2,1H3,(H,29,30). The number of nitrogens with one attached hydrogen (secondary N) is 1. The summed E-state index contributed by atoms with van der Waals surface area (Å²) in [6.07, 6.45) is 0. The van der Waals surface area contributed by atoms with Gasteiger partial charge in [-0.2, -0.15) is 0 Å². The molecule has 1 aromatic heterocycles. The van der Waals surface area contributed by atoms with Crippen molar-refractivity contribution in [3.63, 3.8) is 0 Å². The third-order valence-corrected chi connectivity index (χ3v) is 5.37. The van der Waals surface area contributed by atoms with Gasteiger partial charge in [0.2, 0.25) is 0 Å². The minimum Gasteiger partial charge on any atom is -0.452 e. The van der Waals surface area contributed by atoms with Crippen molar-refractivity contribution in [3.05, 3.63) is 94.0 Å². The van der Waals surface area contributed by atoms with E-state index >= 15 is 0 Å². The van der Waals surface area contributed by atoms with E-state index in [1.165, 1.54) is 0 Å². The summed E-state index contributed by atoms with van der Waals surface area (Å²) in [5, 5.41) is 4.46. The molecule has 4 rings (SSSR count). The lowest BCUT2D eigenvalue weighted by Crippen LogP contribution is -2.21. The largest absolute Gasteiger partial charge is 0.452 e. The molecule has 0 saturated heterocycles. The second-order valence-electron chi connectivity index (χ2n) is 7.16. The van der Waals surface area contributed by atoms with Gasteiger partial charge in [0, 0.05) is 26.7 Å². The minimum absolute atomic E-state index is 0.326. The minimum atomic E-state index is -0.614. The molecule has 1 N–H and O–H groups in total. The third-order valence-electron chi connectivity index (χ3n) is 4.88. The van der Waals surface area contributed by atoms with Crippen molar-refractivity contribution in [2.45, 2.75) is 6.92 Å². The number of aromatic nitrogens is 1. The fraction of sp³-hybridized carbons (Fsp3) is 0.0800. The summed E-state index contributed by atoms with van der Waals surface area (Å²) in [4.78, 5) is 29.9. The Balaban J connectivity index is 1.56. The number of benzene rings is 3. The summed E-state index contributed by atoms with van der Waals surface area (Å²) in [6, 6.07) is 21.3. The van der Waals surface area contributed by atoms with Crippen LogP contribution in [0.3, 0.4) is 0 Å². The van der Waals surface area contributed by atoms with E-state index < -0.39 is 18.5 Å². The van der Waals surface area contributed by atoms with Crippen LogP contribution in [0.25, 0.3) is 22.2 Å². The number of hydrogen-bond donors (Lipinski definition) is 1. The monoisotopic (exact) mass is 464 g/mol. The average Bonchev–Trinajstić information content (AvgIpc) is 2.79. The number of rotatable bonds is 5. The van der Waals surface area contributed by atoms with Crippen LogP contribution >= 0.6 is 23.2 Å². The molecule has 1 heterocycles. The van der Waals surface area contributed by atoms with Crippen LogP contribution in [0.1, 0.15) is 15.9 Å². The van der Waals surface area contributed by atoms with Gasteiger partial charge in [0.1, 0.15) is 0 Å². The molecule has 32 heavy (non-hydrogen) atoms. The van der Waals surface area contributed by atoms with Crippen molar-refractivity contribution in [3.8, 4) is 11.3 Å². The first-order valence-corrected chi connectivity index (χ1v) is 10.5. The van der Waals surface area contributed by atoms with Gasteiger partial charge < -0.3 is 10.1 Å². The maximum absolute atomic E-state index is 12.9. The molecule has 0 atom stereocenters. The van der Waals surface area contributed by atoms with Crippen molar-refractivity contribution >= 4 is 51.7 Å². The van der Waals surface area contributed by atoms with Gasteiger partial charge in [0.05, 0.1) is 16.8 Å². The zero-order valence-corrected chi connectivity index (χ0v) is 18.6. The summed E-state index contributed by atoms with van der Waals surface area (Å²) in [7, 11) is 0. The Kier molecular flexibility index (Phi) is 6.40. The predicted molar refractivity (Wildman–Crippen MR) is 127 cm³/mol. The highest BCUT2D eigenvalue weighted by Crippen LogP contribution is 2.26. The van der Waals surface area contributed by atoms with Gasteiger partial charge in [-0.05, 0) is 48.9 Å². The molecule has 0 aliphatic carbocycles. The van der Waals surface area contributed by atoms with E-state index in [1.54, 1.807) is 42.5 Å². The molecule has 4 aromatic rings. The molecule has 7 heteroatoms. The number of nitrogens with zero attached hydrogens (tertiary/aromatic N) is 1. The Labute approximate surface area is 194 Å². The van der Waals surface area contributed by atoms with Crippen LogP contribution in [-0.2, 0) is 9.53 Å². The molecule has 0 aliphatic rings. The van der Waals surface area contributed by atoms with E-state index in [0.29, 0.717) is 37.9 Å². The van der Waals surface area contributed by atoms with Crippen molar-refractivity contribution in [2.75, 3.05) is 11.9 Å². The molecule has 0 spiro atoms. The number of anilines is 1.